The van der Waals surface area contributed by atoms with Crippen molar-refractivity contribution in [1.82, 2.24) is 14.3 Å². The molecular formula is C18H18ClN3OS. The lowest BCUT2D eigenvalue weighted by molar-refractivity contribution is 0.315. The van der Waals surface area contributed by atoms with Crippen molar-refractivity contribution in [2.24, 2.45) is 0 Å². The maximum absolute atomic E-state index is 12.2. The van der Waals surface area contributed by atoms with Gasteiger partial charge in [-0.1, -0.05) is 23.7 Å². The molecule has 0 aliphatic heterocycles. The summed E-state index contributed by atoms with van der Waals surface area (Å²) in [6.07, 6.45) is 3.66. The Bertz CT molecular complexity index is 908. The van der Waals surface area contributed by atoms with E-state index in [0.29, 0.717) is 17.2 Å². The molecule has 0 radical (unpaired) electrons. The standard InChI is InChI=1S/C18H18ClN3OS/c1-21(10-13-3-6-16(24-2)7-4-13)12-15-9-18(23)22-11-14(19)5-8-17(22)20-15/h3-9,11H,10,12H2,1-2H3. The zero-order valence-corrected chi connectivity index (χ0v) is 15.1. The number of nitrogens with zero attached hydrogens (tertiary/aromatic N) is 3. The van der Waals surface area contributed by atoms with Crippen LogP contribution < -0.4 is 5.56 Å². The summed E-state index contributed by atoms with van der Waals surface area (Å²) in [5.74, 6) is 0. The Morgan fingerprint density at radius 2 is 1.92 bits per heavy atom. The zero-order chi connectivity index (χ0) is 17.1. The number of hydrogen-bond donors (Lipinski definition) is 0. The molecule has 4 nitrogen and oxygen atoms in total. The predicted octanol–water partition coefficient (Wildman–Crippen LogP) is 3.70. The molecule has 0 saturated carbocycles. The average Bonchev–Trinajstić information content (AvgIpc) is 2.56. The van der Waals surface area contributed by atoms with E-state index in [2.05, 4.69) is 40.4 Å². The zero-order valence-electron chi connectivity index (χ0n) is 13.6. The van der Waals surface area contributed by atoms with Crippen LogP contribution in [0.15, 0.2) is 58.4 Å². The number of fused-ring (bicyclic) bond motifs is 1. The Hall–Kier alpha value is -1.82. The number of benzene rings is 1. The van der Waals surface area contributed by atoms with E-state index in [0.717, 1.165) is 12.2 Å². The molecule has 0 unspecified atom stereocenters. The van der Waals surface area contributed by atoms with Gasteiger partial charge in [-0.25, -0.2) is 4.98 Å². The first-order valence-corrected chi connectivity index (χ1v) is 9.15. The van der Waals surface area contributed by atoms with Gasteiger partial charge in [0.15, 0.2) is 0 Å². The molecule has 3 aromatic rings. The molecule has 2 heterocycles. The molecule has 2 aromatic heterocycles. The van der Waals surface area contributed by atoms with E-state index in [-0.39, 0.29) is 5.56 Å². The van der Waals surface area contributed by atoms with E-state index < -0.39 is 0 Å². The van der Waals surface area contributed by atoms with E-state index in [1.54, 1.807) is 36.2 Å². The van der Waals surface area contributed by atoms with E-state index in [9.17, 15) is 4.79 Å². The van der Waals surface area contributed by atoms with Gasteiger partial charge in [0.1, 0.15) is 5.65 Å². The number of halogens is 1. The van der Waals surface area contributed by atoms with Crippen LogP contribution in [0.2, 0.25) is 5.02 Å². The second-order valence-electron chi connectivity index (χ2n) is 5.68. The summed E-state index contributed by atoms with van der Waals surface area (Å²) in [7, 11) is 2.02. The molecule has 6 heteroatoms. The largest absolute Gasteiger partial charge is 0.296 e. The molecule has 0 N–H and O–H groups in total. The number of pyridine rings is 1. The molecule has 124 valence electrons. The van der Waals surface area contributed by atoms with Gasteiger partial charge in [0, 0.05) is 30.2 Å². The van der Waals surface area contributed by atoms with Gasteiger partial charge < -0.3 is 0 Å². The monoisotopic (exact) mass is 359 g/mol. The normalized spacial score (nSPS) is 11.3. The lowest BCUT2D eigenvalue weighted by Crippen LogP contribution is -2.21. The van der Waals surface area contributed by atoms with Crippen molar-refractivity contribution >= 4 is 29.0 Å². The topological polar surface area (TPSA) is 37.6 Å². The van der Waals surface area contributed by atoms with E-state index >= 15 is 0 Å². The van der Waals surface area contributed by atoms with Crippen LogP contribution in [0.25, 0.3) is 5.65 Å². The van der Waals surface area contributed by atoms with Crippen LogP contribution in [-0.4, -0.2) is 27.6 Å². The van der Waals surface area contributed by atoms with Crippen LogP contribution in [0.3, 0.4) is 0 Å². The summed E-state index contributed by atoms with van der Waals surface area (Å²) in [5, 5.41) is 0.518. The van der Waals surface area contributed by atoms with E-state index in [4.69, 9.17) is 11.6 Å². The van der Waals surface area contributed by atoms with Gasteiger partial charge in [-0.15, -0.1) is 11.8 Å². The van der Waals surface area contributed by atoms with Crippen LogP contribution in [0.4, 0.5) is 0 Å². The third-order valence-electron chi connectivity index (χ3n) is 3.72. The third-order valence-corrected chi connectivity index (χ3v) is 4.69. The maximum Gasteiger partial charge on any atom is 0.258 e. The highest BCUT2D eigenvalue weighted by Crippen LogP contribution is 2.16. The summed E-state index contributed by atoms with van der Waals surface area (Å²) in [5.41, 5.74) is 2.49. The van der Waals surface area contributed by atoms with Gasteiger partial charge in [-0.3, -0.25) is 14.1 Å². The van der Waals surface area contributed by atoms with Crippen molar-refractivity contribution < 1.29 is 0 Å². The number of hydrogen-bond acceptors (Lipinski definition) is 4. The van der Waals surface area contributed by atoms with Crippen LogP contribution in [0.5, 0.6) is 0 Å². The van der Waals surface area contributed by atoms with Gasteiger partial charge >= 0.3 is 0 Å². The molecule has 0 bridgehead atoms. The van der Waals surface area contributed by atoms with Crippen LogP contribution in [0, 0.1) is 0 Å². The van der Waals surface area contributed by atoms with Gasteiger partial charge in [0.05, 0.1) is 10.7 Å². The van der Waals surface area contributed by atoms with Crippen molar-refractivity contribution in [2.45, 2.75) is 18.0 Å². The highest BCUT2D eigenvalue weighted by molar-refractivity contribution is 7.98. The Morgan fingerprint density at radius 3 is 2.62 bits per heavy atom. The fourth-order valence-corrected chi connectivity index (χ4v) is 3.15. The Morgan fingerprint density at radius 1 is 1.17 bits per heavy atom. The smallest absolute Gasteiger partial charge is 0.258 e. The second kappa shape index (κ2) is 7.38. The first-order valence-electron chi connectivity index (χ1n) is 7.54. The molecule has 0 spiro atoms. The summed E-state index contributed by atoms with van der Waals surface area (Å²) >= 11 is 7.66. The van der Waals surface area contributed by atoms with Crippen molar-refractivity contribution in [2.75, 3.05) is 13.3 Å². The minimum absolute atomic E-state index is 0.116. The van der Waals surface area contributed by atoms with Crippen molar-refractivity contribution in [3.63, 3.8) is 0 Å². The molecule has 0 atom stereocenters. The lowest BCUT2D eigenvalue weighted by atomic mass is 10.2. The van der Waals surface area contributed by atoms with Crippen LogP contribution in [-0.2, 0) is 13.1 Å². The minimum atomic E-state index is -0.116. The highest BCUT2D eigenvalue weighted by atomic mass is 35.5. The van der Waals surface area contributed by atoms with Gasteiger partial charge in [-0.05, 0) is 43.1 Å². The SMILES string of the molecule is CSc1ccc(CN(C)Cc2cc(=O)n3cc(Cl)ccc3n2)cc1. The molecule has 0 aliphatic carbocycles. The molecule has 3 rings (SSSR count). The fraction of sp³-hybridized carbons (Fsp3) is 0.222. The molecule has 0 amide bonds. The predicted molar refractivity (Wildman–Crippen MR) is 99.9 cm³/mol. The van der Waals surface area contributed by atoms with Gasteiger partial charge in [-0.2, -0.15) is 0 Å². The number of thioether (sulfide) groups is 1. The summed E-state index contributed by atoms with van der Waals surface area (Å²) in [6.45, 7) is 1.41. The highest BCUT2D eigenvalue weighted by Gasteiger charge is 2.07. The van der Waals surface area contributed by atoms with Crippen LogP contribution >= 0.6 is 23.4 Å². The van der Waals surface area contributed by atoms with Crippen molar-refractivity contribution in [3.8, 4) is 0 Å². The maximum atomic E-state index is 12.2. The Labute approximate surface area is 150 Å². The minimum Gasteiger partial charge on any atom is -0.296 e. The average molecular weight is 360 g/mol. The lowest BCUT2D eigenvalue weighted by Gasteiger charge is -2.16. The van der Waals surface area contributed by atoms with Crippen molar-refractivity contribution in [1.29, 1.82) is 0 Å². The van der Waals surface area contributed by atoms with E-state index in [1.807, 2.05) is 7.05 Å². The number of aromatic nitrogens is 2. The fourth-order valence-electron chi connectivity index (χ4n) is 2.58. The van der Waals surface area contributed by atoms with E-state index in [1.165, 1.54) is 14.9 Å². The Kier molecular flexibility index (Phi) is 5.23. The van der Waals surface area contributed by atoms with Gasteiger partial charge in [0.25, 0.3) is 5.56 Å². The summed E-state index contributed by atoms with van der Waals surface area (Å²) < 4.78 is 1.47. The van der Waals surface area contributed by atoms with Crippen LogP contribution in [0.1, 0.15) is 11.3 Å². The molecule has 0 saturated heterocycles. The van der Waals surface area contributed by atoms with Gasteiger partial charge in [0.2, 0.25) is 0 Å². The molecule has 0 aliphatic rings. The first-order chi connectivity index (χ1) is 11.5. The second-order valence-corrected chi connectivity index (χ2v) is 7.00. The molecular weight excluding hydrogens is 342 g/mol. The van der Waals surface area contributed by atoms with Crippen molar-refractivity contribution in [3.05, 3.63) is 75.3 Å². The third kappa shape index (κ3) is 3.98. The summed E-state index contributed by atoms with van der Waals surface area (Å²) in [6, 6.07) is 13.6. The number of rotatable bonds is 5. The first kappa shape index (κ1) is 17.0. The Balaban J connectivity index is 1.76. The quantitative estimate of drug-likeness (QED) is 0.651. The molecule has 24 heavy (non-hydrogen) atoms. The molecule has 0 fully saturated rings. The molecule has 1 aromatic carbocycles. The summed E-state index contributed by atoms with van der Waals surface area (Å²) in [4.78, 5) is 20.1.